The van der Waals surface area contributed by atoms with E-state index in [4.69, 9.17) is 32.4 Å². The Bertz CT molecular complexity index is 3890. The number of rotatable bonds is 37. The molecule has 2 aromatic heterocycles. The molecule has 0 unspecified atom stereocenters. The highest BCUT2D eigenvalue weighted by Crippen LogP contribution is 2.63. The van der Waals surface area contributed by atoms with Gasteiger partial charge in [-0.1, -0.05) is 21.6 Å². The van der Waals surface area contributed by atoms with Crippen molar-refractivity contribution in [1.82, 2.24) is 51.8 Å². The molecule has 2 aromatic carbocycles. The second kappa shape index (κ2) is 31.7. The van der Waals surface area contributed by atoms with E-state index >= 15 is 0 Å². The summed E-state index contributed by atoms with van der Waals surface area (Å²) in [5.74, 6) is -12.2. The van der Waals surface area contributed by atoms with Crippen molar-refractivity contribution in [3.63, 3.8) is 0 Å². The number of phenols is 2. The van der Waals surface area contributed by atoms with Crippen LogP contribution in [0.15, 0.2) is 46.5 Å². The second-order valence-electron chi connectivity index (χ2n) is 24.2. The summed E-state index contributed by atoms with van der Waals surface area (Å²) in [7, 11) is 3.69. The summed E-state index contributed by atoms with van der Waals surface area (Å²) in [6, 6.07) is -3.19. The van der Waals surface area contributed by atoms with Gasteiger partial charge in [-0.15, -0.1) is 0 Å². The van der Waals surface area contributed by atoms with Crippen LogP contribution in [0, 0.1) is 6.92 Å². The molecule has 23 N–H and O–H groups in total. The first-order valence-corrected chi connectivity index (χ1v) is 32.8. The summed E-state index contributed by atoms with van der Waals surface area (Å²) in [4.78, 5) is 163. The number of Topliss-reactive ketones (excluding diaryl/α,β-unsaturated/α-hetero) is 1. The molecule has 98 heavy (non-hydrogen) atoms. The number of hydrogen-bond acceptors (Lipinski definition) is 27. The van der Waals surface area contributed by atoms with Crippen LogP contribution in [0.3, 0.4) is 0 Å². The molecule has 39 heteroatoms. The minimum atomic E-state index is -1.96. The third-order valence-electron chi connectivity index (χ3n) is 16.2. The number of aliphatic carboxylic acids is 4. The summed E-state index contributed by atoms with van der Waals surface area (Å²) in [6.07, 6.45) is -1.76. The lowest BCUT2D eigenvalue weighted by Gasteiger charge is -2.35. The average Bonchev–Trinajstić information content (AvgIpc) is 1.50. The van der Waals surface area contributed by atoms with E-state index in [0.717, 1.165) is 17.1 Å². The Morgan fingerprint density at radius 1 is 0.837 bits per heavy atom. The molecule has 0 aliphatic carbocycles. The van der Waals surface area contributed by atoms with E-state index in [1.165, 1.54) is 62.2 Å². The van der Waals surface area contributed by atoms with Crippen molar-refractivity contribution in [1.29, 1.82) is 0 Å². The number of benzene rings is 2. The van der Waals surface area contributed by atoms with Gasteiger partial charge in [0.25, 0.3) is 11.5 Å². The summed E-state index contributed by atoms with van der Waals surface area (Å²) >= 11 is 0. The van der Waals surface area contributed by atoms with Gasteiger partial charge in [0.05, 0.1) is 71.4 Å². The van der Waals surface area contributed by atoms with E-state index in [0.29, 0.717) is 35.7 Å². The van der Waals surface area contributed by atoms with Crippen molar-refractivity contribution in [2.75, 3.05) is 53.0 Å². The normalized spacial score (nSPS) is 17.9. The number of methoxy groups -OCH3 is 1. The number of ketones is 1. The van der Waals surface area contributed by atoms with Crippen LogP contribution in [0.4, 0.5) is 27.8 Å². The van der Waals surface area contributed by atoms with Gasteiger partial charge in [-0.2, -0.15) is 4.98 Å². The number of phenolic OH excluding ortho intramolecular Hbond substituents is 2. The number of nitrogens with zero attached hydrogens (tertiary/aromatic N) is 5. The average molecular weight is 1410 g/mol. The highest BCUT2D eigenvalue weighted by atomic mass is 33.1. The summed E-state index contributed by atoms with van der Waals surface area (Å²) in [6.45, 7) is 8.15. The first-order valence-electron chi connectivity index (χ1n) is 30.3. The van der Waals surface area contributed by atoms with E-state index in [2.05, 4.69) is 67.5 Å². The first-order chi connectivity index (χ1) is 46.1. The maximum Gasteiger partial charge on any atom is 0.409 e. The Morgan fingerprint density at radius 3 is 2.10 bits per heavy atom. The zero-order valence-corrected chi connectivity index (χ0v) is 55.5. The molecular formula is C59H78N18O19S2. The maximum atomic E-state index is 14.1. The highest BCUT2D eigenvalue weighted by Gasteiger charge is 2.70. The summed E-state index contributed by atoms with van der Waals surface area (Å²) in [5, 5.41) is 85.1. The van der Waals surface area contributed by atoms with E-state index in [9.17, 15) is 83.4 Å². The van der Waals surface area contributed by atoms with Crippen molar-refractivity contribution >= 4 is 127 Å². The van der Waals surface area contributed by atoms with Gasteiger partial charge in [-0.25, -0.2) is 24.4 Å². The quantitative estimate of drug-likeness (QED) is 0.00378. The standard InChI is InChI=1S/C59H78N18O19S2/c1-25-40(44(84)39-29(23-96-56(63)94)59(95-6)45-34(68-45)22-77(59)42(39)43(25)83)76-57(2,3)15-17-97-98-24-35(53(92)93)72-49(87)32(18-37(79)80)71-48(86)30(8-7-16-64-54(60)61)69-50(88)33(19-38(81)82)75-58(4,5)36(78)14-13-31(52(90)91)70-47(85)26-9-11-27(12-10-26)65-20-28-21-66-46-41(67-28)51(89)74-55(62)73-46/h9-12,21,23,30-35,45,65,68,75-76,83-84H,7-8,13-20,22,24H2,1-6H3,(H2,63,94)(H,69,88)(H,70,85)(H,71,86)(H,72,87)(H,79,80)(H,81,82)(H,90,91)(H,92,93)(H4,60,61,64)(H3,62,66,73,74,89)/t30-,31-,32-,33-,34-,35-,45-,59+/m0/s1. The molecule has 0 spiro atoms. The van der Waals surface area contributed by atoms with Crippen molar-refractivity contribution in [2.24, 2.45) is 22.2 Å². The Labute approximate surface area is 565 Å². The molecule has 2 fully saturated rings. The molecule has 4 aromatic rings. The van der Waals surface area contributed by atoms with Crippen molar-refractivity contribution in [2.45, 2.75) is 145 Å². The molecule has 0 bridgehead atoms. The van der Waals surface area contributed by atoms with E-state index < -0.39 is 138 Å². The van der Waals surface area contributed by atoms with Crippen LogP contribution in [-0.2, 0) is 54.4 Å². The van der Waals surface area contributed by atoms with Crippen LogP contribution >= 0.6 is 21.6 Å². The Hall–Kier alpha value is -10.3. The van der Waals surface area contributed by atoms with Gasteiger partial charge in [0, 0.05) is 66.5 Å². The summed E-state index contributed by atoms with van der Waals surface area (Å²) in [5.41, 5.74) is 19.4. The number of primary amides is 1. The van der Waals surface area contributed by atoms with E-state index in [1.807, 2.05) is 13.8 Å². The van der Waals surface area contributed by atoms with Crippen LogP contribution < -0.4 is 75.9 Å². The number of aromatic amines is 1. The third-order valence-corrected chi connectivity index (χ3v) is 18.6. The maximum absolute atomic E-state index is 14.1. The number of anilines is 4. The van der Waals surface area contributed by atoms with Gasteiger partial charge < -0.3 is 105 Å². The number of nitrogens with one attached hydrogen (secondary N) is 9. The molecule has 5 amide bonds. The van der Waals surface area contributed by atoms with Crippen molar-refractivity contribution < 1.29 is 88.1 Å². The number of carbonyl (C=O) groups excluding carboxylic acids is 6. The zero-order chi connectivity index (χ0) is 72.3. The number of nitrogen functional groups attached to an aromatic ring is 1. The third kappa shape index (κ3) is 18.4. The number of carboxylic acids is 4. The second-order valence-corrected chi connectivity index (χ2v) is 26.9. The predicted molar refractivity (Wildman–Crippen MR) is 356 cm³/mol. The number of carboxylic acid groups (broad SMARTS) is 4. The number of fused-ring (bicyclic) bond motifs is 6. The molecule has 0 saturated carbocycles. The zero-order valence-electron chi connectivity index (χ0n) is 53.8. The fourth-order valence-corrected chi connectivity index (χ4v) is 13.5. The van der Waals surface area contributed by atoms with Crippen LogP contribution in [0.2, 0.25) is 0 Å². The monoisotopic (exact) mass is 1410 g/mol. The van der Waals surface area contributed by atoms with Gasteiger partial charge in [0.1, 0.15) is 41.9 Å². The molecule has 3 aliphatic rings. The van der Waals surface area contributed by atoms with Gasteiger partial charge in [-0.3, -0.25) is 53.6 Å². The molecular weight excluding hydrogens is 1330 g/mol. The number of H-pyrrole nitrogens is 1. The molecule has 37 nitrogen and oxygen atoms in total. The number of piperazine rings is 1. The number of hydrogen-bond donors (Lipinski definition) is 19. The topological polar surface area (TPSA) is 608 Å². The molecule has 530 valence electrons. The van der Waals surface area contributed by atoms with Crippen LogP contribution in [-0.4, -0.2) is 207 Å². The van der Waals surface area contributed by atoms with Gasteiger partial charge >= 0.3 is 30.0 Å². The van der Waals surface area contributed by atoms with Crippen LogP contribution in [0.1, 0.15) is 99.8 Å². The minimum absolute atomic E-state index is 0.00684. The highest BCUT2D eigenvalue weighted by molar-refractivity contribution is 8.76. The number of aliphatic imine (C=N–C) groups is 1. The summed E-state index contributed by atoms with van der Waals surface area (Å²) < 4.78 is 11.1. The Balaban J connectivity index is 0.935. The van der Waals surface area contributed by atoms with E-state index in [-0.39, 0.29) is 106 Å². The lowest BCUT2D eigenvalue weighted by molar-refractivity contribution is -0.143. The smallest absolute Gasteiger partial charge is 0.409 e. The van der Waals surface area contributed by atoms with Gasteiger partial charge in [0.15, 0.2) is 28.6 Å². The predicted octanol–water partition coefficient (Wildman–Crippen LogP) is -0.947. The number of amides is 5. The lowest BCUT2D eigenvalue weighted by atomic mass is 9.92. The van der Waals surface area contributed by atoms with Gasteiger partial charge in [0.2, 0.25) is 23.7 Å². The number of aromatic nitrogens is 4. The Morgan fingerprint density at radius 2 is 1.47 bits per heavy atom. The lowest BCUT2D eigenvalue weighted by Crippen LogP contribution is -2.61. The number of nitrogens with two attached hydrogens (primary N) is 4. The molecule has 5 heterocycles. The van der Waals surface area contributed by atoms with E-state index in [1.54, 1.807) is 11.8 Å². The van der Waals surface area contributed by atoms with Crippen molar-refractivity contribution in [3.8, 4) is 11.5 Å². The fourth-order valence-electron chi connectivity index (χ4n) is 11.1. The van der Waals surface area contributed by atoms with Crippen molar-refractivity contribution in [3.05, 3.63) is 69.5 Å². The number of aromatic hydroxyl groups is 2. The number of carbonyl (C=O) groups is 10. The fraction of sp³-hybridized carbons (Fsp3) is 0.475. The molecule has 7 rings (SSSR count). The van der Waals surface area contributed by atoms with Gasteiger partial charge in [-0.05, 0) is 84.6 Å². The van der Waals surface area contributed by atoms with Crippen LogP contribution in [0.5, 0.6) is 11.5 Å². The number of guanidine groups is 1. The molecule has 8 atom stereocenters. The molecule has 2 saturated heterocycles. The molecule has 0 radical (unpaired) electrons. The minimum Gasteiger partial charge on any atom is -0.505 e. The Kier molecular flexibility index (Phi) is 24.3. The molecule has 3 aliphatic heterocycles. The van der Waals surface area contributed by atoms with Crippen LogP contribution in [0.25, 0.3) is 16.7 Å². The number of ether oxygens (including phenoxy) is 2. The SMILES string of the molecule is CO[C@@]12C(=COC(N)=O)c3c(O)c(NC(C)(C)CCSSC[C@H](NC(=O)[C@H](CC(=O)O)NC(=O)[C@H](CCCN=C(N)N)NC(=O)[C@H](CC(=O)O)NC(C)(C)C(=O)CC[C@H](NC(=O)c4ccc(NCc5cnc6nc(N)[nH]c(=O)c6n5)cc4)C(=O)O)C(=O)O)c(C)c(O)c3N1C[C@@H]1N[C@@H]12. The first kappa shape index (κ1) is 75.1. The largest absolute Gasteiger partial charge is 0.505 e.